The highest BCUT2D eigenvalue weighted by atomic mass is 35.5. The van der Waals surface area contributed by atoms with Gasteiger partial charge in [0.2, 0.25) is 11.9 Å². The van der Waals surface area contributed by atoms with Gasteiger partial charge in [0.15, 0.2) is 10.3 Å². The van der Waals surface area contributed by atoms with Crippen molar-refractivity contribution in [3.8, 4) is 11.3 Å². The number of rotatable bonds is 6. The molecule has 134 valence electrons. The minimum absolute atomic E-state index is 0.130. The van der Waals surface area contributed by atoms with Gasteiger partial charge in [-0.05, 0) is 18.6 Å². The number of carbonyl (C=O) groups is 1. The Balaban J connectivity index is 1.67. The largest absolute Gasteiger partial charge is 0.368 e. The molecule has 0 saturated heterocycles. The Bertz CT molecular complexity index is 902. The number of nitrogens with one attached hydrogen (secondary N) is 1. The molecule has 0 aliphatic heterocycles. The summed E-state index contributed by atoms with van der Waals surface area (Å²) in [5.41, 5.74) is 7.27. The summed E-state index contributed by atoms with van der Waals surface area (Å²) in [5.74, 6) is -0.0289. The van der Waals surface area contributed by atoms with Gasteiger partial charge in [0, 0.05) is 16.0 Å². The fourth-order valence-electron chi connectivity index (χ4n) is 2.07. The number of hydrogen-bond donors (Lipinski definition) is 2. The lowest BCUT2D eigenvalue weighted by Crippen LogP contribution is -2.24. The van der Waals surface area contributed by atoms with Crippen LogP contribution in [0.2, 0.25) is 5.02 Å². The molecule has 0 fully saturated rings. The second-order valence-corrected chi connectivity index (χ2v) is 7.64. The maximum Gasteiger partial charge on any atom is 0.239 e. The van der Waals surface area contributed by atoms with E-state index in [-0.39, 0.29) is 17.1 Å². The average Bonchev–Trinajstić information content (AvgIpc) is 3.08. The zero-order valence-electron chi connectivity index (χ0n) is 13.7. The summed E-state index contributed by atoms with van der Waals surface area (Å²) in [6, 6.07) is 7.38. The van der Waals surface area contributed by atoms with Crippen LogP contribution in [0, 0.1) is 0 Å². The van der Waals surface area contributed by atoms with Gasteiger partial charge in [0.1, 0.15) is 6.33 Å². The van der Waals surface area contributed by atoms with Gasteiger partial charge < -0.3 is 11.1 Å². The second kappa shape index (κ2) is 8.43. The van der Waals surface area contributed by atoms with E-state index in [1.807, 2.05) is 24.4 Å². The van der Waals surface area contributed by atoms with Gasteiger partial charge in [0.25, 0.3) is 0 Å². The standard InChI is InChI=1S/C16H15ClN6OS2/c1-2-12(26-15-20-8-19-14(18)23-15)13(24)22-16-21-11(7-25-16)9-3-5-10(17)6-4-9/h3-8,12H,2H2,1H3,(H,21,22,24)(H2,18,19,20,23). The van der Waals surface area contributed by atoms with E-state index in [0.29, 0.717) is 21.7 Å². The van der Waals surface area contributed by atoms with Gasteiger partial charge >= 0.3 is 0 Å². The molecule has 1 amide bonds. The first kappa shape index (κ1) is 18.6. The Hall–Kier alpha value is -2.23. The van der Waals surface area contributed by atoms with E-state index in [4.69, 9.17) is 17.3 Å². The van der Waals surface area contributed by atoms with Crippen LogP contribution in [-0.4, -0.2) is 31.1 Å². The number of nitrogens with zero attached hydrogens (tertiary/aromatic N) is 4. The summed E-state index contributed by atoms with van der Waals surface area (Å²) in [6.07, 6.45) is 1.94. The molecule has 7 nitrogen and oxygen atoms in total. The third-order valence-corrected chi connectivity index (χ3v) is 5.60. The maximum atomic E-state index is 12.5. The molecule has 0 aliphatic carbocycles. The maximum absolute atomic E-state index is 12.5. The average molecular weight is 407 g/mol. The molecule has 2 aromatic heterocycles. The summed E-state index contributed by atoms with van der Waals surface area (Å²) in [7, 11) is 0. The first-order valence-corrected chi connectivity index (χ1v) is 9.82. The fraction of sp³-hybridized carbons (Fsp3) is 0.188. The van der Waals surface area contributed by atoms with Crippen LogP contribution in [0.5, 0.6) is 0 Å². The van der Waals surface area contributed by atoms with Gasteiger partial charge in [0.05, 0.1) is 10.9 Å². The van der Waals surface area contributed by atoms with Gasteiger partial charge in [-0.2, -0.15) is 4.98 Å². The lowest BCUT2D eigenvalue weighted by Gasteiger charge is -2.12. The molecule has 10 heteroatoms. The molecule has 0 aliphatic rings. The number of thiazole rings is 1. The minimum Gasteiger partial charge on any atom is -0.368 e. The number of thioether (sulfide) groups is 1. The van der Waals surface area contributed by atoms with Gasteiger partial charge in [-0.15, -0.1) is 11.3 Å². The third kappa shape index (κ3) is 4.69. The smallest absolute Gasteiger partial charge is 0.239 e. The summed E-state index contributed by atoms with van der Waals surface area (Å²) in [4.78, 5) is 28.8. The number of anilines is 2. The van der Waals surface area contributed by atoms with Crippen LogP contribution < -0.4 is 11.1 Å². The highest BCUT2D eigenvalue weighted by molar-refractivity contribution is 8.00. The van der Waals surface area contributed by atoms with Gasteiger partial charge in [-0.1, -0.05) is 42.4 Å². The first-order valence-electron chi connectivity index (χ1n) is 7.68. The van der Waals surface area contributed by atoms with Crippen molar-refractivity contribution in [2.24, 2.45) is 0 Å². The molecule has 0 radical (unpaired) electrons. The number of nitrogen functional groups attached to an aromatic ring is 1. The van der Waals surface area contributed by atoms with Crippen molar-refractivity contribution >= 4 is 51.7 Å². The Labute approximate surface area is 163 Å². The summed E-state index contributed by atoms with van der Waals surface area (Å²) < 4.78 is 0. The van der Waals surface area contributed by atoms with Crippen molar-refractivity contribution < 1.29 is 4.79 Å². The summed E-state index contributed by atoms with van der Waals surface area (Å²) in [5, 5.41) is 5.99. The van der Waals surface area contributed by atoms with Crippen LogP contribution in [-0.2, 0) is 4.79 Å². The van der Waals surface area contributed by atoms with Crippen molar-refractivity contribution in [3.05, 3.63) is 41.0 Å². The van der Waals surface area contributed by atoms with Crippen molar-refractivity contribution in [3.63, 3.8) is 0 Å². The van der Waals surface area contributed by atoms with Crippen molar-refractivity contribution in [1.82, 2.24) is 19.9 Å². The third-order valence-electron chi connectivity index (χ3n) is 3.35. The van der Waals surface area contributed by atoms with Crippen LogP contribution in [0.25, 0.3) is 11.3 Å². The van der Waals surface area contributed by atoms with Crippen molar-refractivity contribution in [1.29, 1.82) is 0 Å². The number of amides is 1. The number of benzene rings is 1. The molecule has 0 spiro atoms. The zero-order valence-corrected chi connectivity index (χ0v) is 16.1. The molecule has 0 bridgehead atoms. The molecule has 2 heterocycles. The van der Waals surface area contributed by atoms with E-state index in [2.05, 4.69) is 25.3 Å². The Morgan fingerprint density at radius 1 is 1.31 bits per heavy atom. The second-order valence-electron chi connectivity index (χ2n) is 5.18. The molecule has 26 heavy (non-hydrogen) atoms. The monoisotopic (exact) mass is 406 g/mol. The van der Waals surface area contributed by atoms with Gasteiger partial charge in [-0.25, -0.2) is 15.0 Å². The molecule has 3 N–H and O–H groups in total. The van der Waals surface area contributed by atoms with E-state index in [0.717, 1.165) is 11.3 Å². The number of carbonyl (C=O) groups excluding carboxylic acids is 1. The van der Waals surface area contributed by atoms with Crippen molar-refractivity contribution in [2.45, 2.75) is 23.8 Å². The molecule has 3 aromatic rings. The molecule has 1 unspecified atom stereocenters. The van der Waals surface area contributed by atoms with E-state index in [1.54, 1.807) is 12.1 Å². The summed E-state index contributed by atoms with van der Waals surface area (Å²) >= 11 is 8.51. The number of hydrogen-bond acceptors (Lipinski definition) is 8. The molecule has 1 aromatic carbocycles. The summed E-state index contributed by atoms with van der Waals surface area (Å²) in [6.45, 7) is 1.92. The topological polar surface area (TPSA) is 107 Å². The predicted molar refractivity (Wildman–Crippen MR) is 105 cm³/mol. The number of nitrogens with two attached hydrogens (primary N) is 1. The highest BCUT2D eigenvalue weighted by Crippen LogP contribution is 2.28. The SMILES string of the molecule is CCC(Sc1ncnc(N)n1)C(=O)Nc1nc(-c2ccc(Cl)cc2)cs1. The molecule has 0 saturated carbocycles. The molecule has 3 rings (SSSR count). The lowest BCUT2D eigenvalue weighted by atomic mass is 10.2. The van der Waals surface area contributed by atoms with E-state index in [9.17, 15) is 4.79 Å². The number of aromatic nitrogens is 4. The van der Waals surface area contributed by atoms with Crippen LogP contribution >= 0.6 is 34.7 Å². The van der Waals surface area contributed by atoms with Crippen LogP contribution in [0.3, 0.4) is 0 Å². The Kier molecular flexibility index (Phi) is 6.02. The molecular weight excluding hydrogens is 392 g/mol. The predicted octanol–water partition coefficient (Wildman–Crippen LogP) is 3.74. The number of halogens is 1. The lowest BCUT2D eigenvalue weighted by molar-refractivity contribution is -0.115. The van der Waals surface area contributed by atoms with Gasteiger partial charge in [-0.3, -0.25) is 4.79 Å². The highest BCUT2D eigenvalue weighted by Gasteiger charge is 2.21. The molecule has 1 atom stereocenters. The van der Waals surface area contributed by atoms with Crippen LogP contribution in [0.1, 0.15) is 13.3 Å². The first-order chi connectivity index (χ1) is 12.5. The quantitative estimate of drug-likeness (QED) is 0.600. The van der Waals surface area contributed by atoms with E-state index < -0.39 is 0 Å². The van der Waals surface area contributed by atoms with Crippen molar-refractivity contribution in [2.75, 3.05) is 11.1 Å². The van der Waals surface area contributed by atoms with Crippen LogP contribution in [0.15, 0.2) is 41.1 Å². The molecular formula is C16H15ClN6OS2. The van der Waals surface area contributed by atoms with Crippen LogP contribution in [0.4, 0.5) is 11.1 Å². The minimum atomic E-state index is -0.361. The van der Waals surface area contributed by atoms with E-state index in [1.165, 1.54) is 29.4 Å². The fourth-order valence-corrected chi connectivity index (χ4v) is 3.76. The Morgan fingerprint density at radius 3 is 2.77 bits per heavy atom. The Morgan fingerprint density at radius 2 is 2.08 bits per heavy atom. The normalized spacial score (nSPS) is 11.9. The zero-order chi connectivity index (χ0) is 18.5. The van der Waals surface area contributed by atoms with E-state index >= 15 is 0 Å².